The highest BCUT2D eigenvalue weighted by Gasteiger charge is 2.34. The van der Waals surface area contributed by atoms with Crippen LogP contribution in [0, 0.1) is 19.8 Å². The van der Waals surface area contributed by atoms with Gasteiger partial charge in [0.05, 0.1) is 22.4 Å². The van der Waals surface area contributed by atoms with E-state index in [2.05, 4.69) is 21.2 Å². The Morgan fingerprint density at radius 2 is 1.94 bits per heavy atom. The van der Waals surface area contributed by atoms with Crippen LogP contribution in [0.3, 0.4) is 0 Å². The summed E-state index contributed by atoms with van der Waals surface area (Å²) < 4.78 is 34.0. The lowest BCUT2D eigenvalue weighted by Crippen LogP contribution is -2.43. The Kier molecular flexibility index (Phi) is 7.68. The molecule has 1 saturated heterocycles. The average Bonchev–Trinajstić information content (AvgIpc) is 2.72. The summed E-state index contributed by atoms with van der Waals surface area (Å²) in [7, 11) is -3.77. The van der Waals surface area contributed by atoms with Crippen molar-refractivity contribution in [3.8, 4) is 5.75 Å². The van der Waals surface area contributed by atoms with E-state index >= 15 is 0 Å². The third kappa shape index (κ3) is 5.42. The number of hydrogen-bond acceptors (Lipinski definition) is 4. The second-order valence-electron chi connectivity index (χ2n) is 7.63. The van der Waals surface area contributed by atoms with Crippen molar-refractivity contribution in [3.63, 3.8) is 0 Å². The highest BCUT2D eigenvalue weighted by molar-refractivity contribution is 9.10. The van der Waals surface area contributed by atoms with Crippen molar-refractivity contribution < 1.29 is 17.9 Å². The molecule has 1 atom stereocenters. The lowest BCUT2D eigenvalue weighted by Gasteiger charge is -2.31. The normalized spacial score (nSPS) is 17.4. The van der Waals surface area contributed by atoms with Gasteiger partial charge in [-0.3, -0.25) is 4.79 Å². The van der Waals surface area contributed by atoms with Crippen LogP contribution >= 0.6 is 27.5 Å². The first kappa shape index (κ1) is 24.0. The Morgan fingerprint density at radius 3 is 2.55 bits per heavy atom. The molecule has 0 aromatic heterocycles. The lowest BCUT2D eigenvalue weighted by atomic mass is 9.98. The van der Waals surface area contributed by atoms with Crippen LogP contribution in [0.1, 0.15) is 30.9 Å². The Hall–Kier alpha value is -1.61. The standard InChI is InChI=1S/C22H26BrClN2O4S/c1-4-30-20-8-7-18(12-19(20)24)31(28,29)26-9-5-6-16(13-26)22(27)25-21-14(2)10-17(23)11-15(21)3/h7-8,10-12,16H,4-6,9,13H2,1-3H3,(H,25,27)/t16-/m1/s1. The molecule has 0 saturated carbocycles. The predicted octanol–water partition coefficient (Wildman–Crippen LogP) is 5.16. The van der Waals surface area contributed by atoms with Crippen LogP contribution in [0.25, 0.3) is 0 Å². The number of hydrogen-bond donors (Lipinski definition) is 1. The van der Waals surface area contributed by atoms with Crippen LogP contribution < -0.4 is 10.1 Å². The van der Waals surface area contributed by atoms with Crippen molar-refractivity contribution in [3.05, 3.63) is 51.0 Å². The Balaban J connectivity index is 1.77. The number of nitrogens with one attached hydrogen (secondary N) is 1. The van der Waals surface area contributed by atoms with Crippen LogP contribution in [-0.2, 0) is 14.8 Å². The molecule has 1 aliphatic heterocycles. The van der Waals surface area contributed by atoms with Gasteiger partial charge in [0.15, 0.2) is 0 Å². The minimum Gasteiger partial charge on any atom is -0.492 e. The summed E-state index contributed by atoms with van der Waals surface area (Å²) >= 11 is 9.64. The number of amides is 1. The van der Waals surface area contributed by atoms with Gasteiger partial charge in [-0.05, 0) is 75.1 Å². The number of carbonyl (C=O) groups excluding carboxylic acids is 1. The van der Waals surface area contributed by atoms with Crippen LogP contribution in [0.15, 0.2) is 39.7 Å². The van der Waals surface area contributed by atoms with E-state index in [9.17, 15) is 13.2 Å². The topological polar surface area (TPSA) is 75.7 Å². The van der Waals surface area contributed by atoms with Gasteiger partial charge in [0.25, 0.3) is 0 Å². The molecule has 0 aliphatic carbocycles. The van der Waals surface area contributed by atoms with E-state index in [1.807, 2.05) is 32.9 Å². The van der Waals surface area contributed by atoms with Gasteiger partial charge >= 0.3 is 0 Å². The molecule has 2 aromatic rings. The molecule has 168 valence electrons. The van der Waals surface area contributed by atoms with Crippen LogP contribution in [0.5, 0.6) is 5.75 Å². The second-order valence-corrected chi connectivity index (χ2v) is 10.9. The van der Waals surface area contributed by atoms with Crippen molar-refractivity contribution in [2.45, 2.75) is 38.5 Å². The molecule has 0 radical (unpaired) electrons. The summed E-state index contributed by atoms with van der Waals surface area (Å²) in [6.45, 7) is 6.63. The number of ether oxygens (including phenoxy) is 1. The molecule has 1 heterocycles. The molecule has 9 heteroatoms. The smallest absolute Gasteiger partial charge is 0.243 e. The van der Waals surface area contributed by atoms with Crippen LogP contribution in [0.2, 0.25) is 5.02 Å². The first-order valence-corrected chi connectivity index (χ1v) is 12.7. The van der Waals surface area contributed by atoms with Gasteiger partial charge in [-0.15, -0.1) is 0 Å². The van der Waals surface area contributed by atoms with Gasteiger partial charge in [-0.25, -0.2) is 8.42 Å². The summed E-state index contributed by atoms with van der Waals surface area (Å²) in [4.78, 5) is 13.1. The molecule has 3 rings (SSSR count). The molecular formula is C22H26BrClN2O4S. The van der Waals surface area contributed by atoms with Gasteiger partial charge in [-0.1, -0.05) is 27.5 Å². The zero-order chi connectivity index (χ0) is 22.8. The maximum atomic E-state index is 13.2. The van der Waals surface area contributed by atoms with Crippen molar-refractivity contribution >= 4 is 49.1 Å². The summed E-state index contributed by atoms with van der Waals surface area (Å²) in [6.07, 6.45) is 1.25. The highest BCUT2D eigenvalue weighted by Crippen LogP contribution is 2.31. The monoisotopic (exact) mass is 528 g/mol. The molecule has 0 unspecified atom stereocenters. The largest absolute Gasteiger partial charge is 0.492 e. The van der Waals surface area contributed by atoms with E-state index in [1.54, 1.807) is 6.07 Å². The van der Waals surface area contributed by atoms with Crippen molar-refractivity contribution in [2.24, 2.45) is 5.92 Å². The van der Waals surface area contributed by atoms with Gasteiger partial charge in [-0.2, -0.15) is 4.31 Å². The number of halogens is 2. The minimum absolute atomic E-state index is 0.0987. The molecule has 31 heavy (non-hydrogen) atoms. The van der Waals surface area contributed by atoms with E-state index in [0.29, 0.717) is 31.7 Å². The SMILES string of the molecule is CCOc1ccc(S(=O)(=O)N2CCC[C@@H](C(=O)Nc3c(C)cc(Br)cc3C)C2)cc1Cl. The second kappa shape index (κ2) is 9.90. The van der Waals surface area contributed by atoms with Gasteiger partial charge < -0.3 is 10.1 Å². The summed E-state index contributed by atoms with van der Waals surface area (Å²) in [5.41, 5.74) is 2.67. The zero-order valence-corrected chi connectivity index (χ0v) is 20.9. The number of carbonyl (C=O) groups is 1. The number of piperidine rings is 1. The van der Waals surface area contributed by atoms with Crippen LogP contribution in [-0.4, -0.2) is 38.3 Å². The molecule has 0 bridgehead atoms. The summed E-state index contributed by atoms with van der Waals surface area (Å²) in [5, 5.41) is 3.24. The molecule has 1 amide bonds. The quantitative estimate of drug-likeness (QED) is 0.561. The van der Waals surface area contributed by atoms with Gasteiger partial charge in [0, 0.05) is 23.2 Å². The van der Waals surface area contributed by atoms with Crippen molar-refractivity contribution in [1.29, 1.82) is 0 Å². The number of nitrogens with zero attached hydrogens (tertiary/aromatic N) is 1. The highest BCUT2D eigenvalue weighted by atomic mass is 79.9. The van der Waals surface area contributed by atoms with E-state index in [-0.39, 0.29) is 22.4 Å². The van der Waals surface area contributed by atoms with E-state index in [1.165, 1.54) is 16.4 Å². The maximum absolute atomic E-state index is 13.2. The number of sulfonamides is 1. The third-order valence-corrected chi connectivity index (χ3v) is 7.96. The summed E-state index contributed by atoms with van der Waals surface area (Å²) in [5.74, 6) is -0.151. The van der Waals surface area contributed by atoms with E-state index in [4.69, 9.17) is 16.3 Å². The molecule has 1 aliphatic rings. The lowest BCUT2D eigenvalue weighted by molar-refractivity contribution is -0.120. The zero-order valence-electron chi connectivity index (χ0n) is 17.7. The Labute approximate surface area is 197 Å². The predicted molar refractivity (Wildman–Crippen MR) is 126 cm³/mol. The van der Waals surface area contributed by atoms with Crippen molar-refractivity contribution in [1.82, 2.24) is 4.31 Å². The van der Waals surface area contributed by atoms with Gasteiger partial charge in [0.2, 0.25) is 15.9 Å². The van der Waals surface area contributed by atoms with Gasteiger partial charge in [0.1, 0.15) is 5.75 Å². The first-order chi connectivity index (χ1) is 14.6. The fraction of sp³-hybridized carbons (Fsp3) is 0.409. The average molecular weight is 530 g/mol. The van der Waals surface area contributed by atoms with E-state index < -0.39 is 15.9 Å². The third-order valence-electron chi connectivity index (χ3n) is 5.34. The molecular weight excluding hydrogens is 504 g/mol. The minimum atomic E-state index is -3.77. The Bertz CT molecular complexity index is 1070. The van der Waals surface area contributed by atoms with Crippen molar-refractivity contribution in [2.75, 3.05) is 25.0 Å². The summed E-state index contributed by atoms with van der Waals surface area (Å²) in [6, 6.07) is 8.34. The first-order valence-electron chi connectivity index (χ1n) is 10.1. The van der Waals surface area contributed by atoms with E-state index in [0.717, 1.165) is 21.3 Å². The molecule has 6 nitrogen and oxygen atoms in total. The molecule has 1 fully saturated rings. The molecule has 0 spiro atoms. The number of benzene rings is 2. The fourth-order valence-electron chi connectivity index (χ4n) is 3.77. The maximum Gasteiger partial charge on any atom is 0.243 e. The van der Waals surface area contributed by atoms with Crippen LogP contribution in [0.4, 0.5) is 5.69 Å². The Morgan fingerprint density at radius 1 is 1.26 bits per heavy atom. The fourth-order valence-corrected chi connectivity index (χ4v) is 6.31. The number of aryl methyl sites for hydroxylation is 2. The number of rotatable bonds is 6. The molecule has 1 N–H and O–H groups in total. The molecule has 2 aromatic carbocycles. The number of anilines is 1.